The fourth-order valence-electron chi connectivity index (χ4n) is 4.79. The molecule has 0 radical (unpaired) electrons. The zero-order valence-electron chi connectivity index (χ0n) is 11.7. The van der Waals surface area contributed by atoms with E-state index in [1.807, 2.05) is 24.3 Å². The molecule has 0 spiro atoms. The minimum absolute atomic E-state index is 0.0997. The average molecular weight is 270 g/mol. The van der Waals surface area contributed by atoms with Crippen molar-refractivity contribution >= 4 is 5.91 Å². The van der Waals surface area contributed by atoms with Crippen LogP contribution in [0.1, 0.15) is 35.2 Å². The van der Waals surface area contributed by atoms with Gasteiger partial charge in [0.05, 0.1) is 0 Å². The molecule has 4 atom stereocenters. The molecule has 106 valence electrons. The predicted octanol–water partition coefficient (Wildman–Crippen LogP) is 1.96. The van der Waals surface area contributed by atoms with Crippen LogP contribution in [-0.4, -0.2) is 18.5 Å². The number of rotatable bonds is 4. The Bertz CT molecular complexity index is 526. The monoisotopic (exact) mass is 270 g/mol. The lowest BCUT2D eigenvalue weighted by Crippen LogP contribution is -2.30. The van der Waals surface area contributed by atoms with Gasteiger partial charge in [0.2, 0.25) is 0 Å². The second kappa shape index (κ2) is 4.59. The molecule has 20 heavy (non-hydrogen) atoms. The van der Waals surface area contributed by atoms with E-state index in [0.29, 0.717) is 12.6 Å². The topological polar surface area (TPSA) is 55.1 Å². The summed E-state index contributed by atoms with van der Waals surface area (Å²) < 4.78 is 0. The fraction of sp³-hybridized carbons (Fsp3) is 0.588. The SMILES string of the molecule is NCCc1cccc(C(=O)NC2C3C4CCC(C4)C23)c1. The van der Waals surface area contributed by atoms with E-state index in [1.54, 1.807) is 0 Å². The average Bonchev–Trinajstić information content (AvgIpc) is 2.84. The molecule has 3 heteroatoms. The number of carbonyl (C=O) groups excluding carboxylic acids is 1. The van der Waals surface area contributed by atoms with Crippen LogP contribution in [0.3, 0.4) is 0 Å². The third kappa shape index (κ3) is 1.87. The second-order valence-corrected chi connectivity index (χ2v) is 6.73. The normalized spacial score (nSPS) is 36.8. The Morgan fingerprint density at radius 3 is 2.70 bits per heavy atom. The standard InChI is InChI=1S/C17H22N2O/c18-7-6-10-2-1-3-13(8-10)17(20)19-16-14-11-4-5-12(9-11)15(14)16/h1-3,8,11-12,14-16H,4-7,9,18H2,(H,19,20). The van der Waals surface area contributed by atoms with Gasteiger partial charge < -0.3 is 11.1 Å². The minimum atomic E-state index is 0.0997. The molecule has 3 aliphatic rings. The number of fused-ring (bicyclic) bond motifs is 5. The van der Waals surface area contributed by atoms with E-state index in [0.717, 1.165) is 41.2 Å². The van der Waals surface area contributed by atoms with Gasteiger partial charge in [0.15, 0.2) is 0 Å². The molecule has 3 nitrogen and oxygen atoms in total. The van der Waals surface area contributed by atoms with E-state index in [4.69, 9.17) is 5.73 Å². The first-order chi connectivity index (χ1) is 9.78. The number of nitrogens with two attached hydrogens (primary N) is 1. The van der Waals surface area contributed by atoms with Crippen LogP contribution in [0.25, 0.3) is 0 Å². The molecule has 4 rings (SSSR count). The van der Waals surface area contributed by atoms with Gasteiger partial charge in [0.1, 0.15) is 0 Å². The smallest absolute Gasteiger partial charge is 0.251 e. The summed E-state index contributed by atoms with van der Waals surface area (Å²) in [6.45, 7) is 0.626. The van der Waals surface area contributed by atoms with Gasteiger partial charge in [-0.05, 0) is 73.6 Å². The summed E-state index contributed by atoms with van der Waals surface area (Å²) in [7, 11) is 0. The predicted molar refractivity (Wildman–Crippen MR) is 78.3 cm³/mol. The van der Waals surface area contributed by atoms with Gasteiger partial charge in [-0.25, -0.2) is 0 Å². The van der Waals surface area contributed by atoms with E-state index >= 15 is 0 Å². The first kappa shape index (κ1) is 12.4. The highest BCUT2D eigenvalue weighted by molar-refractivity contribution is 5.94. The molecule has 0 aromatic heterocycles. The summed E-state index contributed by atoms with van der Waals surface area (Å²) in [6.07, 6.45) is 5.04. The van der Waals surface area contributed by atoms with Gasteiger partial charge in [0.25, 0.3) is 5.91 Å². The van der Waals surface area contributed by atoms with Crippen LogP contribution in [-0.2, 0) is 6.42 Å². The van der Waals surface area contributed by atoms with Crippen LogP contribution in [0.2, 0.25) is 0 Å². The molecular weight excluding hydrogens is 248 g/mol. The summed E-state index contributed by atoms with van der Waals surface area (Å²) in [5.41, 5.74) is 7.51. The maximum atomic E-state index is 12.4. The van der Waals surface area contributed by atoms with Crippen LogP contribution in [0.4, 0.5) is 0 Å². The molecule has 3 saturated carbocycles. The van der Waals surface area contributed by atoms with E-state index in [1.165, 1.54) is 19.3 Å². The number of hydrogen-bond donors (Lipinski definition) is 2. The van der Waals surface area contributed by atoms with Crippen molar-refractivity contribution in [1.82, 2.24) is 5.32 Å². The van der Waals surface area contributed by atoms with E-state index in [9.17, 15) is 4.79 Å². The quantitative estimate of drug-likeness (QED) is 0.879. The first-order valence-corrected chi connectivity index (χ1v) is 7.88. The van der Waals surface area contributed by atoms with Gasteiger partial charge >= 0.3 is 0 Å². The lowest BCUT2D eigenvalue weighted by atomic mass is 10.0. The zero-order valence-corrected chi connectivity index (χ0v) is 11.7. The number of hydrogen-bond acceptors (Lipinski definition) is 2. The lowest BCUT2D eigenvalue weighted by molar-refractivity contribution is 0.0944. The summed E-state index contributed by atoms with van der Waals surface area (Å²) in [5, 5.41) is 3.27. The van der Waals surface area contributed by atoms with Crippen molar-refractivity contribution in [2.75, 3.05) is 6.54 Å². The number of benzene rings is 1. The molecule has 1 aromatic carbocycles. The van der Waals surface area contributed by atoms with E-state index in [-0.39, 0.29) is 5.91 Å². The van der Waals surface area contributed by atoms with Crippen molar-refractivity contribution in [3.8, 4) is 0 Å². The maximum absolute atomic E-state index is 12.4. The van der Waals surface area contributed by atoms with Crippen molar-refractivity contribution in [2.45, 2.75) is 31.7 Å². The van der Waals surface area contributed by atoms with Gasteiger partial charge in [-0.1, -0.05) is 12.1 Å². The Balaban J connectivity index is 1.43. The zero-order chi connectivity index (χ0) is 13.7. The van der Waals surface area contributed by atoms with Gasteiger partial charge in [-0.2, -0.15) is 0 Å². The van der Waals surface area contributed by atoms with Crippen LogP contribution in [0.15, 0.2) is 24.3 Å². The van der Waals surface area contributed by atoms with Gasteiger partial charge in [0, 0.05) is 11.6 Å². The van der Waals surface area contributed by atoms with Gasteiger partial charge in [-0.15, -0.1) is 0 Å². The molecule has 1 amide bonds. The summed E-state index contributed by atoms with van der Waals surface area (Å²) in [4.78, 5) is 12.4. The minimum Gasteiger partial charge on any atom is -0.349 e. The Hall–Kier alpha value is -1.35. The highest BCUT2D eigenvalue weighted by Gasteiger charge is 2.65. The summed E-state index contributed by atoms with van der Waals surface area (Å²) in [6, 6.07) is 8.34. The summed E-state index contributed by atoms with van der Waals surface area (Å²) >= 11 is 0. The van der Waals surface area contributed by atoms with Crippen molar-refractivity contribution in [2.24, 2.45) is 29.4 Å². The Morgan fingerprint density at radius 2 is 2.00 bits per heavy atom. The first-order valence-electron chi connectivity index (χ1n) is 7.88. The molecular formula is C17H22N2O. The third-order valence-electron chi connectivity index (χ3n) is 5.66. The molecule has 3 fully saturated rings. The molecule has 0 heterocycles. The molecule has 0 saturated heterocycles. The molecule has 1 aromatic rings. The molecule has 2 bridgehead atoms. The van der Waals surface area contributed by atoms with Gasteiger partial charge in [-0.3, -0.25) is 4.79 Å². The van der Waals surface area contributed by atoms with Crippen LogP contribution < -0.4 is 11.1 Å². The number of amides is 1. The Labute approximate surface area is 119 Å². The third-order valence-corrected chi connectivity index (χ3v) is 5.66. The number of nitrogens with one attached hydrogen (secondary N) is 1. The lowest BCUT2D eigenvalue weighted by Gasteiger charge is -2.11. The molecule has 3 N–H and O–H groups in total. The maximum Gasteiger partial charge on any atom is 0.251 e. The molecule has 4 unspecified atom stereocenters. The van der Waals surface area contributed by atoms with Crippen molar-refractivity contribution in [3.63, 3.8) is 0 Å². The molecule has 3 aliphatic carbocycles. The van der Waals surface area contributed by atoms with Crippen LogP contribution in [0.5, 0.6) is 0 Å². The van der Waals surface area contributed by atoms with Crippen molar-refractivity contribution in [3.05, 3.63) is 35.4 Å². The Morgan fingerprint density at radius 1 is 1.25 bits per heavy atom. The highest BCUT2D eigenvalue weighted by Crippen LogP contribution is 2.65. The van der Waals surface area contributed by atoms with E-state index in [2.05, 4.69) is 5.32 Å². The van der Waals surface area contributed by atoms with Crippen LogP contribution >= 0.6 is 0 Å². The van der Waals surface area contributed by atoms with Crippen LogP contribution in [0, 0.1) is 23.7 Å². The molecule has 0 aliphatic heterocycles. The van der Waals surface area contributed by atoms with Crippen molar-refractivity contribution < 1.29 is 4.79 Å². The highest BCUT2D eigenvalue weighted by atomic mass is 16.1. The van der Waals surface area contributed by atoms with E-state index < -0.39 is 0 Å². The summed E-state index contributed by atoms with van der Waals surface area (Å²) in [5.74, 6) is 3.50. The second-order valence-electron chi connectivity index (χ2n) is 6.73. The largest absolute Gasteiger partial charge is 0.349 e. The van der Waals surface area contributed by atoms with Crippen molar-refractivity contribution in [1.29, 1.82) is 0 Å². The Kier molecular flexibility index (Phi) is 2.84. The fourth-order valence-corrected chi connectivity index (χ4v) is 4.79. The number of carbonyl (C=O) groups is 1.